The molecule has 0 aliphatic rings. The van der Waals surface area contributed by atoms with Crippen LogP contribution in [-0.4, -0.2) is 11.8 Å². The van der Waals surface area contributed by atoms with E-state index in [0.29, 0.717) is 6.54 Å². The van der Waals surface area contributed by atoms with Crippen molar-refractivity contribution in [3.8, 4) is 0 Å². The molecule has 4 heteroatoms. The normalized spacial score (nSPS) is 10.5. The number of hydrogen-bond donors (Lipinski definition) is 2. The lowest BCUT2D eigenvalue weighted by Crippen LogP contribution is -2.19. The van der Waals surface area contributed by atoms with E-state index in [-0.39, 0.29) is 5.24 Å². The van der Waals surface area contributed by atoms with Crippen molar-refractivity contribution in [3.63, 3.8) is 0 Å². The molecule has 2 nitrogen and oxygen atoms in total. The van der Waals surface area contributed by atoms with E-state index in [2.05, 4.69) is 35.5 Å². The van der Waals surface area contributed by atoms with Gasteiger partial charge in [-0.15, -0.1) is 11.3 Å². The van der Waals surface area contributed by atoms with Gasteiger partial charge >= 0.3 is 0 Å². The second-order valence-corrected chi connectivity index (χ2v) is 4.56. The fraction of sp³-hybridized carbons (Fsp3) is 0.182. The number of nitrogens with one attached hydrogen (secondary N) is 1. The minimum absolute atomic E-state index is 0.269. The summed E-state index contributed by atoms with van der Waals surface area (Å²) in [7, 11) is 0. The van der Waals surface area contributed by atoms with Crippen LogP contribution in [0.3, 0.4) is 0 Å². The van der Waals surface area contributed by atoms with Crippen LogP contribution in [-0.2, 0) is 6.42 Å². The number of amides is 1. The summed E-state index contributed by atoms with van der Waals surface area (Å²) in [5, 5.41) is 5.85. The van der Waals surface area contributed by atoms with E-state index < -0.39 is 0 Å². The summed E-state index contributed by atoms with van der Waals surface area (Å²) in [5.74, 6) is 0. The lowest BCUT2D eigenvalue weighted by atomic mass is 10.1. The zero-order valence-electron chi connectivity index (χ0n) is 8.06. The molecule has 0 unspecified atom stereocenters. The molecule has 2 aromatic rings. The van der Waals surface area contributed by atoms with Crippen LogP contribution in [0.5, 0.6) is 0 Å². The van der Waals surface area contributed by atoms with Crippen LogP contribution in [0, 0.1) is 0 Å². The predicted molar refractivity (Wildman–Crippen MR) is 67.9 cm³/mol. The monoisotopic (exact) mass is 237 g/mol. The van der Waals surface area contributed by atoms with E-state index in [1.807, 2.05) is 12.1 Å². The van der Waals surface area contributed by atoms with Crippen LogP contribution in [0.2, 0.25) is 0 Å². The van der Waals surface area contributed by atoms with Crippen molar-refractivity contribution < 1.29 is 4.79 Å². The van der Waals surface area contributed by atoms with Crippen molar-refractivity contribution in [2.24, 2.45) is 0 Å². The van der Waals surface area contributed by atoms with Gasteiger partial charge in [-0.1, -0.05) is 30.8 Å². The quantitative estimate of drug-likeness (QED) is 0.789. The van der Waals surface area contributed by atoms with Crippen LogP contribution in [0.4, 0.5) is 4.79 Å². The summed E-state index contributed by atoms with van der Waals surface area (Å²) in [6.45, 7) is 0.642. The van der Waals surface area contributed by atoms with Crippen molar-refractivity contribution >= 4 is 39.3 Å². The Kier molecular flexibility index (Phi) is 3.28. The minimum atomic E-state index is -0.269. The van der Waals surface area contributed by atoms with Crippen molar-refractivity contribution in [1.82, 2.24) is 5.32 Å². The van der Waals surface area contributed by atoms with Crippen LogP contribution in [0.1, 0.15) is 5.56 Å². The average Bonchev–Trinajstić information content (AvgIpc) is 2.62. The van der Waals surface area contributed by atoms with E-state index in [4.69, 9.17) is 0 Å². The molecule has 0 bridgehead atoms. The smallest absolute Gasteiger partial charge is 0.275 e. The van der Waals surface area contributed by atoms with Gasteiger partial charge in [0.1, 0.15) is 0 Å². The van der Waals surface area contributed by atoms with Gasteiger partial charge in [0.25, 0.3) is 5.24 Å². The number of carbonyl (C=O) groups excluding carboxylic acids is 1. The summed E-state index contributed by atoms with van der Waals surface area (Å²) in [4.78, 5) is 10.6. The van der Waals surface area contributed by atoms with Crippen LogP contribution in [0.15, 0.2) is 29.6 Å². The Morgan fingerprint density at radius 1 is 1.40 bits per heavy atom. The van der Waals surface area contributed by atoms with Crippen LogP contribution in [0.25, 0.3) is 10.1 Å². The highest BCUT2D eigenvalue weighted by atomic mass is 32.1. The first-order chi connectivity index (χ1) is 7.27. The van der Waals surface area contributed by atoms with Crippen LogP contribution < -0.4 is 5.32 Å². The number of thiol groups is 1. The molecule has 2 rings (SSSR count). The van der Waals surface area contributed by atoms with Gasteiger partial charge in [0.15, 0.2) is 0 Å². The maximum absolute atomic E-state index is 10.6. The highest BCUT2D eigenvalue weighted by molar-refractivity contribution is 7.96. The Balaban J connectivity index is 2.11. The summed E-state index contributed by atoms with van der Waals surface area (Å²) >= 11 is 5.40. The lowest BCUT2D eigenvalue weighted by Gasteiger charge is -2.00. The molecule has 1 heterocycles. The Bertz CT molecular complexity index is 478. The molecule has 0 fully saturated rings. The third kappa shape index (κ3) is 2.52. The fourth-order valence-electron chi connectivity index (χ4n) is 1.53. The van der Waals surface area contributed by atoms with Gasteiger partial charge in [0, 0.05) is 11.2 Å². The van der Waals surface area contributed by atoms with Gasteiger partial charge in [0.2, 0.25) is 0 Å². The van der Waals surface area contributed by atoms with Crippen molar-refractivity contribution in [1.29, 1.82) is 0 Å². The average molecular weight is 237 g/mol. The highest BCUT2D eigenvalue weighted by Crippen LogP contribution is 2.25. The molecule has 0 aliphatic carbocycles. The standard InChI is InChI=1S/C11H11NOS2/c13-11(14)12-6-5-8-7-15-10-4-2-1-3-9(8)10/h1-4,7H,5-6H2,(H2,12,13,14). The molecule has 0 atom stereocenters. The molecular formula is C11H11NOS2. The predicted octanol–water partition coefficient (Wildman–Crippen LogP) is 3.08. The van der Waals surface area contributed by atoms with Crippen molar-refractivity contribution in [2.45, 2.75) is 6.42 Å². The lowest BCUT2D eigenvalue weighted by molar-refractivity contribution is 0.261. The molecule has 1 N–H and O–H groups in total. The Labute approximate surface area is 97.7 Å². The Morgan fingerprint density at radius 2 is 2.20 bits per heavy atom. The topological polar surface area (TPSA) is 29.1 Å². The molecule has 78 valence electrons. The second-order valence-electron chi connectivity index (χ2n) is 3.24. The fourth-order valence-corrected chi connectivity index (χ4v) is 2.64. The third-order valence-electron chi connectivity index (χ3n) is 2.23. The number of thiophene rings is 1. The SMILES string of the molecule is O=C(S)NCCc1csc2ccccc12. The molecular weight excluding hydrogens is 226 g/mol. The van der Waals surface area contributed by atoms with Gasteiger partial charge in [-0.05, 0) is 28.8 Å². The number of carbonyl (C=O) groups is 1. The first-order valence-electron chi connectivity index (χ1n) is 4.69. The van der Waals surface area contributed by atoms with Crippen LogP contribution >= 0.6 is 24.0 Å². The van der Waals surface area contributed by atoms with E-state index in [0.717, 1.165) is 6.42 Å². The van der Waals surface area contributed by atoms with E-state index >= 15 is 0 Å². The molecule has 0 saturated carbocycles. The van der Waals surface area contributed by atoms with Gasteiger partial charge in [-0.2, -0.15) is 0 Å². The van der Waals surface area contributed by atoms with Crippen molar-refractivity contribution in [2.75, 3.05) is 6.54 Å². The molecule has 1 aromatic carbocycles. The molecule has 1 amide bonds. The molecule has 0 aliphatic heterocycles. The first kappa shape index (κ1) is 10.5. The molecule has 0 saturated heterocycles. The van der Waals surface area contributed by atoms with Gasteiger partial charge in [0.05, 0.1) is 0 Å². The zero-order chi connectivity index (χ0) is 10.7. The minimum Gasteiger partial charge on any atom is -0.347 e. The molecule has 15 heavy (non-hydrogen) atoms. The zero-order valence-corrected chi connectivity index (χ0v) is 9.78. The summed E-state index contributed by atoms with van der Waals surface area (Å²) in [6, 6.07) is 8.30. The highest BCUT2D eigenvalue weighted by Gasteiger charge is 2.02. The Morgan fingerprint density at radius 3 is 3.00 bits per heavy atom. The number of fused-ring (bicyclic) bond motifs is 1. The largest absolute Gasteiger partial charge is 0.347 e. The molecule has 1 aromatic heterocycles. The van der Waals surface area contributed by atoms with Gasteiger partial charge in [-0.25, -0.2) is 0 Å². The number of hydrogen-bond acceptors (Lipinski definition) is 2. The van der Waals surface area contributed by atoms with Gasteiger partial charge < -0.3 is 5.32 Å². The third-order valence-corrected chi connectivity index (χ3v) is 3.40. The maximum Gasteiger partial charge on any atom is 0.275 e. The number of rotatable bonds is 3. The van der Waals surface area contributed by atoms with Gasteiger partial charge in [-0.3, -0.25) is 4.79 Å². The van der Waals surface area contributed by atoms with Crippen molar-refractivity contribution in [3.05, 3.63) is 35.2 Å². The molecule has 0 radical (unpaired) electrons. The van der Waals surface area contributed by atoms with E-state index in [1.165, 1.54) is 15.6 Å². The molecule has 0 spiro atoms. The second kappa shape index (κ2) is 4.68. The maximum atomic E-state index is 10.6. The summed E-state index contributed by atoms with van der Waals surface area (Å²) < 4.78 is 1.30. The van der Waals surface area contributed by atoms with E-state index in [1.54, 1.807) is 11.3 Å². The summed E-state index contributed by atoms with van der Waals surface area (Å²) in [6.07, 6.45) is 0.857. The van der Waals surface area contributed by atoms with E-state index in [9.17, 15) is 4.79 Å². The summed E-state index contributed by atoms with van der Waals surface area (Å²) in [5.41, 5.74) is 1.29. The Hall–Kier alpha value is -1.00. The number of benzene rings is 1. The first-order valence-corrected chi connectivity index (χ1v) is 6.02.